The minimum absolute atomic E-state index is 0.0669. The van der Waals surface area contributed by atoms with Crippen LogP contribution in [0.5, 0.6) is 0 Å². The molecule has 1 heterocycles. The Kier molecular flexibility index (Phi) is 5.64. The number of ether oxygens (including phenoxy) is 2. The van der Waals surface area contributed by atoms with E-state index in [2.05, 4.69) is 10.3 Å². The van der Waals surface area contributed by atoms with Crippen LogP contribution in [0.1, 0.15) is 26.7 Å². The van der Waals surface area contributed by atoms with Gasteiger partial charge in [0.25, 0.3) is 5.96 Å². The van der Waals surface area contributed by atoms with E-state index in [-0.39, 0.29) is 5.96 Å². The summed E-state index contributed by atoms with van der Waals surface area (Å²) in [6.45, 7) is 5.04. The highest BCUT2D eigenvalue weighted by Gasteiger charge is 2.31. The first-order valence-corrected chi connectivity index (χ1v) is 5.66. The first-order valence-electron chi connectivity index (χ1n) is 5.66. The molecule has 0 bridgehead atoms. The third-order valence-electron chi connectivity index (χ3n) is 1.99. The molecule has 2 N–H and O–H groups in total. The molecule has 17 heavy (non-hydrogen) atoms. The summed E-state index contributed by atoms with van der Waals surface area (Å²) >= 11 is 0. The average molecular weight is 246 g/mol. The van der Waals surface area contributed by atoms with Crippen LogP contribution in [0.2, 0.25) is 0 Å². The van der Waals surface area contributed by atoms with Gasteiger partial charge in [-0.1, -0.05) is 19.3 Å². The molecule has 98 valence electrons. The molecule has 8 nitrogen and oxygen atoms in total. The van der Waals surface area contributed by atoms with E-state index in [9.17, 15) is 10.1 Å². The van der Waals surface area contributed by atoms with Crippen LogP contribution in [0.15, 0.2) is 4.99 Å². The Morgan fingerprint density at radius 1 is 1.41 bits per heavy atom. The molecule has 1 rings (SSSR count). The van der Waals surface area contributed by atoms with E-state index >= 15 is 0 Å². The van der Waals surface area contributed by atoms with E-state index in [1.54, 1.807) is 0 Å². The monoisotopic (exact) mass is 246 g/mol. The van der Waals surface area contributed by atoms with Gasteiger partial charge in [-0.05, 0) is 12.8 Å². The summed E-state index contributed by atoms with van der Waals surface area (Å²) in [4.78, 5) is 14.3. The number of hydrazine groups is 1. The maximum atomic E-state index is 10.3. The number of hydrogen-bond donors (Lipinski definition) is 2. The fourth-order valence-corrected chi connectivity index (χ4v) is 1.32. The zero-order valence-corrected chi connectivity index (χ0v) is 10.0. The van der Waals surface area contributed by atoms with Crippen molar-refractivity contribution in [3.8, 4) is 0 Å². The molecular formula is C9H18N4O4. The summed E-state index contributed by atoms with van der Waals surface area (Å²) in [5.41, 5.74) is 1.96. The van der Waals surface area contributed by atoms with Crippen LogP contribution in [0.4, 0.5) is 0 Å². The highest BCUT2D eigenvalue weighted by atomic mass is 16.7. The lowest BCUT2D eigenvalue weighted by molar-refractivity contribution is -0.525. The number of rotatable bonds is 7. The van der Waals surface area contributed by atoms with Gasteiger partial charge in [0.2, 0.25) is 0 Å². The molecule has 0 aromatic rings. The SMILES string of the molecule is CCCO[C@H]1NC(N[N+](=O)[O-])=N[C@H]1OCCC. The smallest absolute Gasteiger partial charge is 0.259 e. The van der Waals surface area contributed by atoms with E-state index in [1.807, 2.05) is 19.3 Å². The van der Waals surface area contributed by atoms with Crippen molar-refractivity contribution < 1.29 is 14.5 Å². The summed E-state index contributed by atoms with van der Waals surface area (Å²) in [5, 5.41) is 12.4. The van der Waals surface area contributed by atoms with E-state index in [4.69, 9.17) is 9.47 Å². The van der Waals surface area contributed by atoms with Crippen LogP contribution >= 0.6 is 0 Å². The van der Waals surface area contributed by atoms with Crippen LogP contribution < -0.4 is 10.7 Å². The molecule has 0 radical (unpaired) electrons. The van der Waals surface area contributed by atoms with Gasteiger partial charge in [0.1, 0.15) is 0 Å². The summed E-state index contributed by atoms with van der Waals surface area (Å²) in [6, 6.07) is 0. The molecule has 0 amide bonds. The Labute approximate surface area is 99.5 Å². The van der Waals surface area contributed by atoms with E-state index in [0.717, 1.165) is 12.8 Å². The van der Waals surface area contributed by atoms with E-state index < -0.39 is 17.5 Å². The van der Waals surface area contributed by atoms with Gasteiger partial charge in [0.15, 0.2) is 17.5 Å². The molecule has 1 aliphatic rings. The summed E-state index contributed by atoms with van der Waals surface area (Å²) in [7, 11) is 0. The molecular weight excluding hydrogens is 228 g/mol. The molecule has 8 heteroatoms. The summed E-state index contributed by atoms with van der Waals surface area (Å²) in [6.07, 6.45) is 0.703. The lowest BCUT2D eigenvalue weighted by Crippen LogP contribution is -2.44. The predicted octanol–water partition coefficient (Wildman–Crippen LogP) is 0.232. The van der Waals surface area contributed by atoms with Crippen LogP contribution in [0, 0.1) is 10.1 Å². The molecule has 0 aliphatic carbocycles. The van der Waals surface area contributed by atoms with Crippen molar-refractivity contribution in [1.29, 1.82) is 0 Å². The highest BCUT2D eigenvalue weighted by Crippen LogP contribution is 2.10. The number of aliphatic imine (C=N–C) groups is 1. The van der Waals surface area contributed by atoms with Crippen molar-refractivity contribution in [2.75, 3.05) is 13.2 Å². The molecule has 0 saturated heterocycles. The summed E-state index contributed by atoms with van der Waals surface area (Å²) in [5.74, 6) is 0.0669. The van der Waals surface area contributed by atoms with Gasteiger partial charge in [-0.3, -0.25) is 0 Å². The number of guanidine groups is 1. The van der Waals surface area contributed by atoms with Crippen molar-refractivity contribution in [3.63, 3.8) is 0 Å². The minimum Gasteiger partial charge on any atom is -0.354 e. The topological polar surface area (TPSA) is 98.0 Å². The number of nitro groups is 1. The van der Waals surface area contributed by atoms with E-state index in [1.165, 1.54) is 0 Å². The van der Waals surface area contributed by atoms with Crippen LogP contribution in [-0.4, -0.2) is 36.7 Å². The zero-order valence-electron chi connectivity index (χ0n) is 10.0. The lowest BCUT2D eigenvalue weighted by Gasteiger charge is -2.18. The van der Waals surface area contributed by atoms with Crippen molar-refractivity contribution >= 4 is 5.96 Å². The van der Waals surface area contributed by atoms with Gasteiger partial charge < -0.3 is 14.8 Å². The second-order valence-corrected chi connectivity index (χ2v) is 3.54. The van der Waals surface area contributed by atoms with Crippen molar-refractivity contribution in [1.82, 2.24) is 10.7 Å². The molecule has 2 atom stereocenters. The van der Waals surface area contributed by atoms with Gasteiger partial charge >= 0.3 is 0 Å². The third-order valence-corrected chi connectivity index (χ3v) is 1.99. The number of nitrogens with zero attached hydrogens (tertiary/aromatic N) is 2. The fraction of sp³-hybridized carbons (Fsp3) is 0.889. The molecule has 1 aliphatic heterocycles. The Bertz CT molecular complexity index is 284. The lowest BCUT2D eigenvalue weighted by atomic mass is 10.4. The molecule has 0 fully saturated rings. The Morgan fingerprint density at radius 2 is 2.06 bits per heavy atom. The van der Waals surface area contributed by atoms with Crippen molar-refractivity contribution in [2.45, 2.75) is 39.1 Å². The van der Waals surface area contributed by atoms with Gasteiger partial charge in [-0.15, -0.1) is 0 Å². The number of hydrogen-bond acceptors (Lipinski definition) is 6. The highest BCUT2D eigenvalue weighted by molar-refractivity contribution is 5.80. The Balaban J connectivity index is 2.50. The molecule has 0 spiro atoms. The normalized spacial score (nSPS) is 23.1. The minimum atomic E-state index is -0.676. The van der Waals surface area contributed by atoms with Crippen molar-refractivity contribution in [3.05, 3.63) is 10.1 Å². The Hall–Kier alpha value is -1.41. The van der Waals surface area contributed by atoms with Gasteiger partial charge in [0, 0.05) is 13.2 Å². The fourth-order valence-electron chi connectivity index (χ4n) is 1.32. The van der Waals surface area contributed by atoms with Gasteiger partial charge in [-0.25, -0.2) is 15.1 Å². The largest absolute Gasteiger partial charge is 0.354 e. The zero-order chi connectivity index (χ0) is 12.7. The van der Waals surface area contributed by atoms with Crippen molar-refractivity contribution in [2.24, 2.45) is 4.99 Å². The maximum absolute atomic E-state index is 10.3. The maximum Gasteiger partial charge on any atom is 0.259 e. The first kappa shape index (κ1) is 13.7. The van der Waals surface area contributed by atoms with Crippen LogP contribution in [0.3, 0.4) is 0 Å². The first-order chi connectivity index (χ1) is 8.17. The quantitative estimate of drug-likeness (QED) is 0.493. The second-order valence-electron chi connectivity index (χ2n) is 3.54. The number of nitrogens with one attached hydrogen (secondary N) is 2. The molecule has 0 saturated carbocycles. The Morgan fingerprint density at radius 3 is 2.65 bits per heavy atom. The van der Waals surface area contributed by atoms with Gasteiger partial charge in [-0.2, -0.15) is 0 Å². The second kappa shape index (κ2) is 7.02. The van der Waals surface area contributed by atoms with E-state index in [0.29, 0.717) is 13.2 Å². The average Bonchev–Trinajstić information content (AvgIpc) is 2.64. The molecule has 0 aromatic carbocycles. The van der Waals surface area contributed by atoms with Crippen LogP contribution in [-0.2, 0) is 9.47 Å². The standard InChI is InChI=1S/C9H18N4O4/c1-3-5-16-7-8(17-6-4-2)11-9(10-7)12-13(14)15/h7-8H,3-6H2,1-2H3,(H2,10,11,12)/t7-,8+. The summed E-state index contributed by atoms with van der Waals surface area (Å²) < 4.78 is 10.9. The van der Waals surface area contributed by atoms with Crippen LogP contribution in [0.25, 0.3) is 0 Å². The third kappa shape index (κ3) is 4.53. The van der Waals surface area contributed by atoms with Gasteiger partial charge in [0.05, 0.1) is 0 Å². The molecule has 0 unspecified atom stereocenters. The predicted molar refractivity (Wildman–Crippen MR) is 60.8 cm³/mol. The molecule has 0 aromatic heterocycles.